The van der Waals surface area contributed by atoms with E-state index >= 15 is 0 Å². The van der Waals surface area contributed by atoms with Crippen molar-refractivity contribution >= 4 is 35.0 Å². The van der Waals surface area contributed by atoms with Gasteiger partial charge in [0.05, 0.1) is 0 Å². The number of nitrogens with zero attached hydrogens (tertiary/aromatic N) is 1. The van der Waals surface area contributed by atoms with Gasteiger partial charge < -0.3 is 15.0 Å². The van der Waals surface area contributed by atoms with Gasteiger partial charge >= 0.3 is 0 Å². The van der Waals surface area contributed by atoms with E-state index in [2.05, 4.69) is 19.2 Å². The number of carbonyl (C=O) groups is 2. The highest BCUT2D eigenvalue weighted by molar-refractivity contribution is 6.35. The quantitative estimate of drug-likeness (QED) is 0.581. The fourth-order valence-electron chi connectivity index (χ4n) is 3.23. The average molecular weight is 451 g/mol. The van der Waals surface area contributed by atoms with Gasteiger partial charge in [-0.2, -0.15) is 0 Å². The second kappa shape index (κ2) is 11.2. The van der Waals surface area contributed by atoms with Crippen molar-refractivity contribution in [2.24, 2.45) is 0 Å². The van der Waals surface area contributed by atoms with E-state index in [4.69, 9.17) is 27.9 Å². The summed E-state index contributed by atoms with van der Waals surface area (Å²) in [5.74, 6) is 0.390. The first-order valence-corrected chi connectivity index (χ1v) is 10.7. The van der Waals surface area contributed by atoms with Gasteiger partial charge in [0.15, 0.2) is 6.61 Å². The zero-order valence-corrected chi connectivity index (χ0v) is 19.3. The number of benzene rings is 2. The van der Waals surface area contributed by atoms with E-state index in [1.807, 2.05) is 31.2 Å². The molecule has 0 saturated carbocycles. The zero-order chi connectivity index (χ0) is 22.3. The van der Waals surface area contributed by atoms with E-state index in [0.29, 0.717) is 27.8 Å². The van der Waals surface area contributed by atoms with Crippen LogP contribution in [0.5, 0.6) is 5.75 Å². The number of amides is 2. The van der Waals surface area contributed by atoms with Crippen LogP contribution in [0, 0.1) is 0 Å². The van der Waals surface area contributed by atoms with Crippen LogP contribution in [-0.4, -0.2) is 36.4 Å². The summed E-state index contributed by atoms with van der Waals surface area (Å²) in [5.41, 5.74) is 1.73. The molecule has 7 heteroatoms. The van der Waals surface area contributed by atoms with Gasteiger partial charge in [-0.05, 0) is 41.7 Å². The van der Waals surface area contributed by atoms with Gasteiger partial charge in [-0.1, -0.05) is 68.2 Å². The lowest BCUT2D eigenvalue weighted by molar-refractivity contribution is -0.142. The van der Waals surface area contributed by atoms with Gasteiger partial charge in [-0.3, -0.25) is 9.59 Å². The maximum Gasteiger partial charge on any atom is 0.261 e. The number of hydrogen-bond acceptors (Lipinski definition) is 3. The van der Waals surface area contributed by atoms with Gasteiger partial charge in [0.25, 0.3) is 5.91 Å². The smallest absolute Gasteiger partial charge is 0.261 e. The van der Waals surface area contributed by atoms with Crippen LogP contribution in [0.25, 0.3) is 0 Å². The van der Waals surface area contributed by atoms with E-state index in [1.54, 1.807) is 25.2 Å². The lowest BCUT2D eigenvalue weighted by Crippen LogP contribution is -2.49. The van der Waals surface area contributed by atoms with E-state index < -0.39 is 6.04 Å². The predicted molar refractivity (Wildman–Crippen MR) is 121 cm³/mol. The van der Waals surface area contributed by atoms with Crippen molar-refractivity contribution in [1.82, 2.24) is 10.2 Å². The molecule has 2 rings (SSSR count). The number of rotatable bonds is 9. The zero-order valence-electron chi connectivity index (χ0n) is 17.7. The van der Waals surface area contributed by atoms with E-state index in [1.165, 1.54) is 4.90 Å². The lowest BCUT2D eigenvalue weighted by atomic mass is 10.0. The van der Waals surface area contributed by atoms with Crippen LogP contribution < -0.4 is 10.1 Å². The minimum absolute atomic E-state index is 0.177. The Kier molecular flexibility index (Phi) is 9.00. The maximum absolute atomic E-state index is 13.2. The first-order valence-electron chi connectivity index (χ1n) is 9.95. The molecule has 0 heterocycles. The molecule has 0 saturated heterocycles. The number of hydrogen-bond donors (Lipinski definition) is 1. The van der Waals surface area contributed by atoms with Gasteiger partial charge in [-0.15, -0.1) is 0 Å². The Balaban J connectivity index is 2.27. The Hall–Kier alpha value is -2.24. The second-order valence-corrected chi connectivity index (χ2v) is 8.12. The largest absolute Gasteiger partial charge is 0.483 e. The number of likely N-dealkylation sites (N-methyl/N-ethyl adjacent to an activating group) is 1. The topological polar surface area (TPSA) is 58.6 Å². The molecule has 0 aliphatic carbocycles. The highest BCUT2D eigenvalue weighted by atomic mass is 35.5. The summed E-state index contributed by atoms with van der Waals surface area (Å²) in [5, 5.41) is 3.58. The molecule has 0 bridgehead atoms. The number of halogens is 2. The first-order chi connectivity index (χ1) is 14.3. The third kappa shape index (κ3) is 6.13. The minimum Gasteiger partial charge on any atom is -0.483 e. The van der Waals surface area contributed by atoms with Crippen LogP contribution in [0.3, 0.4) is 0 Å². The van der Waals surface area contributed by atoms with Crippen LogP contribution in [0.1, 0.15) is 44.2 Å². The van der Waals surface area contributed by atoms with Gasteiger partial charge in [0.2, 0.25) is 5.91 Å². The lowest BCUT2D eigenvalue weighted by Gasteiger charge is -2.30. The van der Waals surface area contributed by atoms with Crippen molar-refractivity contribution in [2.45, 2.75) is 45.7 Å². The maximum atomic E-state index is 13.2. The molecule has 1 N–H and O–H groups in total. The Morgan fingerprint density at radius 2 is 1.83 bits per heavy atom. The second-order valence-electron chi connectivity index (χ2n) is 7.28. The Labute approximate surface area is 188 Å². The Bertz CT molecular complexity index is 887. The normalized spacial score (nSPS) is 11.8. The van der Waals surface area contributed by atoms with Gasteiger partial charge in [-0.25, -0.2) is 0 Å². The summed E-state index contributed by atoms with van der Waals surface area (Å²) in [7, 11) is 1.55. The highest BCUT2D eigenvalue weighted by Crippen LogP contribution is 2.27. The van der Waals surface area contributed by atoms with Crippen molar-refractivity contribution in [3.05, 3.63) is 63.6 Å². The average Bonchev–Trinajstić information content (AvgIpc) is 2.73. The number of carbonyl (C=O) groups excluding carboxylic acids is 2. The van der Waals surface area contributed by atoms with E-state index in [0.717, 1.165) is 5.56 Å². The fraction of sp³-hybridized carbons (Fsp3) is 0.391. The molecule has 2 amide bonds. The van der Waals surface area contributed by atoms with E-state index in [9.17, 15) is 9.59 Å². The van der Waals surface area contributed by atoms with Crippen LogP contribution in [0.15, 0.2) is 42.5 Å². The van der Waals surface area contributed by atoms with Gasteiger partial charge in [0, 0.05) is 23.6 Å². The number of nitrogens with one attached hydrogen (secondary N) is 1. The summed E-state index contributed by atoms with van der Waals surface area (Å²) >= 11 is 12.3. The molecule has 0 spiro atoms. The van der Waals surface area contributed by atoms with Crippen molar-refractivity contribution in [3.63, 3.8) is 0 Å². The molecule has 2 aromatic carbocycles. The SMILES string of the molecule is CC[C@H](C(=O)NC)N(Cc1ccc(Cl)cc1Cl)C(=O)COc1ccccc1C(C)C. The summed E-state index contributed by atoms with van der Waals surface area (Å²) in [6.45, 7) is 5.99. The molecule has 5 nitrogen and oxygen atoms in total. The monoisotopic (exact) mass is 450 g/mol. The minimum atomic E-state index is -0.641. The summed E-state index contributed by atoms with van der Waals surface area (Å²) in [6, 6.07) is 12.1. The number of para-hydroxylation sites is 1. The van der Waals surface area contributed by atoms with Crippen LogP contribution in [-0.2, 0) is 16.1 Å². The third-order valence-corrected chi connectivity index (χ3v) is 5.47. The molecule has 1 atom stereocenters. The molecule has 0 unspecified atom stereocenters. The van der Waals surface area contributed by atoms with Crippen molar-refractivity contribution < 1.29 is 14.3 Å². The Morgan fingerprint density at radius 3 is 2.43 bits per heavy atom. The van der Waals surface area contributed by atoms with Crippen LogP contribution >= 0.6 is 23.2 Å². The van der Waals surface area contributed by atoms with Crippen molar-refractivity contribution in [1.29, 1.82) is 0 Å². The molecule has 30 heavy (non-hydrogen) atoms. The molecular weight excluding hydrogens is 423 g/mol. The molecule has 0 fully saturated rings. The third-order valence-electron chi connectivity index (χ3n) is 4.88. The standard InChI is InChI=1S/C23H28Cl2N2O3/c1-5-20(23(29)26-4)27(13-16-10-11-17(24)12-19(16)25)22(28)14-30-21-9-7-6-8-18(21)15(2)3/h6-12,15,20H,5,13-14H2,1-4H3,(H,26,29)/t20-/m1/s1. The molecule has 0 aliphatic rings. The summed E-state index contributed by atoms with van der Waals surface area (Å²) in [6.07, 6.45) is 0.458. The first kappa shape index (κ1) is 24.0. The molecular formula is C23H28Cl2N2O3. The van der Waals surface area contributed by atoms with Gasteiger partial charge in [0.1, 0.15) is 11.8 Å². The van der Waals surface area contributed by atoms with Crippen LogP contribution in [0.2, 0.25) is 10.0 Å². The molecule has 162 valence electrons. The molecule has 0 aromatic heterocycles. The van der Waals surface area contributed by atoms with Crippen LogP contribution in [0.4, 0.5) is 0 Å². The molecule has 0 aliphatic heterocycles. The van der Waals surface area contributed by atoms with E-state index in [-0.39, 0.29) is 30.9 Å². The summed E-state index contributed by atoms with van der Waals surface area (Å²) in [4.78, 5) is 27.1. The predicted octanol–water partition coefficient (Wildman–Crippen LogP) is 5.05. The Morgan fingerprint density at radius 1 is 1.13 bits per heavy atom. The number of ether oxygens (including phenoxy) is 1. The molecule has 0 radical (unpaired) electrons. The molecule has 2 aromatic rings. The fourth-order valence-corrected chi connectivity index (χ4v) is 3.70. The van der Waals surface area contributed by atoms with Crippen molar-refractivity contribution in [2.75, 3.05) is 13.7 Å². The highest BCUT2D eigenvalue weighted by Gasteiger charge is 2.29. The summed E-state index contributed by atoms with van der Waals surface area (Å²) < 4.78 is 5.86. The van der Waals surface area contributed by atoms with Crippen molar-refractivity contribution in [3.8, 4) is 5.75 Å².